The summed E-state index contributed by atoms with van der Waals surface area (Å²) in [6, 6.07) is 3.44. The molecule has 1 amide bonds. The highest BCUT2D eigenvalue weighted by Gasteiger charge is 2.21. The van der Waals surface area contributed by atoms with Crippen molar-refractivity contribution in [2.24, 2.45) is 0 Å². The summed E-state index contributed by atoms with van der Waals surface area (Å²) in [5, 5.41) is 11.4. The van der Waals surface area contributed by atoms with Crippen molar-refractivity contribution in [3.8, 4) is 0 Å². The maximum atomic E-state index is 13.3. The second-order valence-corrected chi connectivity index (χ2v) is 4.47. The second-order valence-electron chi connectivity index (χ2n) is 4.47. The lowest BCUT2D eigenvalue weighted by Gasteiger charge is -2.23. The zero-order valence-corrected chi connectivity index (χ0v) is 9.76. The third-order valence-electron chi connectivity index (χ3n) is 2.27. The summed E-state index contributed by atoms with van der Waals surface area (Å²) in [6.45, 7) is 2.98. The molecule has 94 valence electrons. The molecule has 3 nitrogen and oxygen atoms in total. The van der Waals surface area contributed by atoms with Crippen molar-refractivity contribution in [3.05, 3.63) is 35.4 Å². The van der Waals surface area contributed by atoms with Crippen molar-refractivity contribution in [1.82, 2.24) is 5.32 Å². The minimum atomic E-state index is -0.807. The number of nitrogens with one attached hydrogen (secondary N) is 1. The number of hydrogen-bond acceptors (Lipinski definition) is 2. The molecule has 0 aliphatic carbocycles. The highest BCUT2D eigenvalue weighted by Crippen LogP contribution is 2.13. The maximum absolute atomic E-state index is 13.3. The molecule has 0 saturated heterocycles. The van der Waals surface area contributed by atoms with Gasteiger partial charge in [-0.05, 0) is 26.0 Å². The number of hydrogen-bond donors (Lipinski definition) is 2. The van der Waals surface area contributed by atoms with Gasteiger partial charge in [-0.2, -0.15) is 0 Å². The molecular formula is C12H15F2NO2. The minimum Gasteiger partial charge on any atom is -0.394 e. The largest absolute Gasteiger partial charge is 0.394 e. The van der Waals surface area contributed by atoms with Crippen molar-refractivity contribution < 1.29 is 18.7 Å². The Labute approximate surface area is 98.5 Å². The van der Waals surface area contributed by atoms with Gasteiger partial charge >= 0.3 is 0 Å². The van der Waals surface area contributed by atoms with E-state index >= 15 is 0 Å². The van der Waals surface area contributed by atoms with Gasteiger partial charge in [0.05, 0.1) is 18.6 Å². The number of benzene rings is 1. The molecule has 0 spiro atoms. The lowest BCUT2D eigenvalue weighted by atomic mass is 10.1. The van der Waals surface area contributed by atoms with Gasteiger partial charge < -0.3 is 10.4 Å². The molecule has 5 heteroatoms. The van der Waals surface area contributed by atoms with Crippen LogP contribution in [-0.2, 0) is 11.2 Å². The van der Waals surface area contributed by atoms with Crippen molar-refractivity contribution >= 4 is 5.91 Å². The van der Waals surface area contributed by atoms with E-state index in [2.05, 4.69) is 5.32 Å². The standard InChI is InChI=1S/C12H15F2NO2/c1-12(2,7-16)15-11(17)6-8-9(13)4-3-5-10(8)14/h3-5,16H,6-7H2,1-2H3,(H,15,17). The van der Waals surface area contributed by atoms with Gasteiger partial charge in [0.25, 0.3) is 0 Å². The fourth-order valence-corrected chi connectivity index (χ4v) is 1.32. The summed E-state index contributed by atoms with van der Waals surface area (Å²) in [7, 11) is 0. The molecule has 0 aliphatic heterocycles. The van der Waals surface area contributed by atoms with Gasteiger partial charge in [-0.1, -0.05) is 6.07 Å². The fourth-order valence-electron chi connectivity index (χ4n) is 1.32. The predicted molar refractivity (Wildman–Crippen MR) is 59.4 cm³/mol. The van der Waals surface area contributed by atoms with Crippen LogP contribution >= 0.6 is 0 Å². The Morgan fingerprint density at radius 2 is 1.88 bits per heavy atom. The summed E-state index contributed by atoms with van der Waals surface area (Å²) in [6.07, 6.45) is -0.387. The van der Waals surface area contributed by atoms with E-state index in [4.69, 9.17) is 5.11 Å². The topological polar surface area (TPSA) is 49.3 Å². The summed E-state index contributed by atoms with van der Waals surface area (Å²) in [4.78, 5) is 11.5. The van der Waals surface area contributed by atoms with Crippen molar-refractivity contribution in [2.45, 2.75) is 25.8 Å². The maximum Gasteiger partial charge on any atom is 0.225 e. The molecule has 0 aliphatic rings. The van der Waals surface area contributed by atoms with Gasteiger partial charge in [-0.25, -0.2) is 8.78 Å². The van der Waals surface area contributed by atoms with Crippen LogP contribution in [0.2, 0.25) is 0 Å². The number of halogens is 2. The molecule has 1 aromatic rings. The molecule has 1 aromatic carbocycles. The highest BCUT2D eigenvalue weighted by atomic mass is 19.1. The fraction of sp³-hybridized carbons (Fsp3) is 0.417. The number of carbonyl (C=O) groups excluding carboxylic acids is 1. The molecular weight excluding hydrogens is 228 g/mol. The molecule has 17 heavy (non-hydrogen) atoms. The quantitative estimate of drug-likeness (QED) is 0.839. The molecule has 0 radical (unpaired) electrons. The number of aliphatic hydroxyl groups excluding tert-OH is 1. The zero-order valence-electron chi connectivity index (χ0n) is 9.76. The summed E-state index contributed by atoms with van der Waals surface area (Å²) in [5.41, 5.74) is -1.07. The first kappa shape index (κ1) is 13.6. The van der Waals surface area contributed by atoms with Crippen LogP contribution in [0.5, 0.6) is 0 Å². The van der Waals surface area contributed by atoms with Crippen LogP contribution < -0.4 is 5.32 Å². The van der Waals surface area contributed by atoms with E-state index in [9.17, 15) is 13.6 Å². The molecule has 0 unspecified atom stereocenters. The van der Waals surface area contributed by atoms with E-state index in [0.29, 0.717) is 0 Å². The van der Waals surface area contributed by atoms with E-state index in [0.717, 1.165) is 12.1 Å². The number of rotatable bonds is 4. The molecule has 0 fully saturated rings. The molecule has 0 aromatic heterocycles. The number of amides is 1. The average Bonchev–Trinajstić information content (AvgIpc) is 2.23. The smallest absolute Gasteiger partial charge is 0.225 e. The van der Waals surface area contributed by atoms with Crippen LogP contribution in [0.25, 0.3) is 0 Å². The minimum absolute atomic E-state index is 0.251. The summed E-state index contributed by atoms with van der Waals surface area (Å²) >= 11 is 0. The van der Waals surface area contributed by atoms with Crippen LogP contribution in [0.3, 0.4) is 0 Å². The van der Waals surface area contributed by atoms with Crippen LogP contribution in [0, 0.1) is 11.6 Å². The lowest BCUT2D eigenvalue weighted by Crippen LogP contribution is -2.47. The Morgan fingerprint density at radius 1 is 1.35 bits per heavy atom. The Bertz CT molecular complexity index is 399. The first-order valence-corrected chi connectivity index (χ1v) is 5.20. The highest BCUT2D eigenvalue weighted by molar-refractivity contribution is 5.79. The van der Waals surface area contributed by atoms with E-state index in [1.54, 1.807) is 13.8 Å². The van der Waals surface area contributed by atoms with Gasteiger partial charge in [0.15, 0.2) is 0 Å². The van der Waals surface area contributed by atoms with Gasteiger partial charge in [-0.15, -0.1) is 0 Å². The normalized spacial score (nSPS) is 11.4. The molecule has 2 N–H and O–H groups in total. The Balaban J connectivity index is 2.75. The number of aliphatic hydroxyl groups is 1. The zero-order chi connectivity index (χ0) is 13.1. The predicted octanol–water partition coefficient (Wildman–Crippen LogP) is 1.39. The van der Waals surface area contributed by atoms with Crippen molar-refractivity contribution in [1.29, 1.82) is 0 Å². The first-order chi connectivity index (χ1) is 7.85. The molecule has 0 saturated carbocycles. The molecule has 0 bridgehead atoms. The molecule has 1 rings (SSSR count). The Hall–Kier alpha value is -1.49. The number of carbonyl (C=O) groups is 1. The lowest BCUT2D eigenvalue weighted by molar-refractivity contribution is -0.122. The van der Waals surface area contributed by atoms with E-state index in [1.165, 1.54) is 6.07 Å². The van der Waals surface area contributed by atoms with E-state index < -0.39 is 23.1 Å². The molecule has 0 atom stereocenters. The van der Waals surface area contributed by atoms with Crippen LogP contribution in [0.4, 0.5) is 8.78 Å². The third-order valence-corrected chi connectivity index (χ3v) is 2.27. The second kappa shape index (κ2) is 5.23. The van der Waals surface area contributed by atoms with Gasteiger partial charge in [0.2, 0.25) is 5.91 Å². The van der Waals surface area contributed by atoms with Crippen LogP contribution in [0.15, 0.2) is 18.2 Å². The van der Waals surface area contributed by atoms with Gasteiger partial charge in [0.1, 0.15) is 11.6 Å². The third kappa shape index (κ3) is 3.78. The first-order valence-electron chi connectivity index (χ1n) is 5.20. The molecule has 0 heterocycles. The van der Waals surface area contributed by atoms with Crippen LogP contribution in [0.1, 0.15) is 19.4 Å². The van der Waals surface area contributed by atoms with Gasteiger partial charge in [-0.3, -0.25) is 4.79 Å². The van der Waals surface area contributed by atoms with E-state index in [-0.39, 0.29) is 18.6 Å². The summed E-state index contributed by atoms with van der Waals surface area (Å²) in [5.74, 6) is -2.03. The summed E-state index contributed by atoms with van der Waals surface area (Å²) < 4.78 is 26.5. The van der Waals surface area contributed by atoms with Crippen molar-refractivity contribution in [2.75, 3.05) is 6.61 Å². The van der Waals surface area contributed by atoms with E-state index in [1.807, 2.05) is 0 Å². The van der Waals surface area contributed by atoms with Crippen molar-refractivity contribution in [3.63, 3.8) is 0 Å². The average molecular weight is 243 g/mol. The van der Waals surface area contributed by atoms with Crippen LogP contribution in [-0.4, -0.2) is 23.2 Å². The Kier molecular flexibility index (Phi) is 4.17. The Morgan fingerprint density at radius 3 is 2.35 bits per heavy atom. The monoisotopic (exact) mass is 243 g/mol. The van der Waals surface area contributed by atoms with Gasteiger partial charge in [0, 0.05) is 5.56 Å². The SMILES string of the molecule is CC(C)(CO)NC(=O)Cc1c(F)cccc1F.